The van der Waals surface area contributed by atoms with Gasteiger partial charge in [-0.05, 0) is 61.4 Å². The molecule has 3 aromatic rings. The van der Waals surface area contributed by atoms with Crippen LogP contribution in [0.5, 0.6) is 0 Å². The second-order valence-electron chi connectivity index (χ2n) is 8.05. The molecule has 2 N–H and O–H groups in total. The van der Waals surface area contributed by atoms with Crippen molar-refractivity contribution >= 4 is 40.9 Å². The van der Waals surface area contributed by atoms with Gasteiger partial charge in [0.1, 0.15) is 5.76 Å². The summed E-state index contributed by atoms with van der Waals surface area (Å²) in [5.74, 6) is -0.542. The fourth-order valence-corrected chi connectivity index (χ4v) is 5.44. The molecule has 34 heavy (non-hydrogen) atoms. The second kappa shape index (κ2) is 10.9. The molecule has 0 aliphatic carbocycles. The zero-order valence-electron chi connectivity index (χ0n) is 18.8. The van der Waals surface area contributed by atoms with Gasteiger partial charge in [-0.3, -0.25) is 5.32 Å². The van der Waals surface area contributed by atoms with Crippen molar-refractivity contribution < 1.29 is 14.6 Å². The van der Waals surface area contributed by atoms with E-state index in [-0.39, 0.29) is 24.0 Å². The van der Waals surface area contributed by atoms with Gasteiger partial charge in [0.2, 0.25) is 0 Å². The molecule has 176 valence electrons. The zero-order chi connectivity index (χ0) is 24.2. The molecule has 3 atom stereocenters. The van der Waals surface area contributed by atoms with Crippen molar-refractivity contribution in [2.45, 2.75) is 36.1 Å². The average Bonchev–Trinajstić information content (AvgIpc) is 2.82. The third kappa shape index (κ3) is 5.44. The van der Waals surface area contributed by atoms with Crippen LogP contribution in [-0.2, 0) is 9.53 Å². The third-order valence-electron chi connectivity index (χ3n) is 5.69. The number of halogens is 2. The number of carbonyl (C=O) groups excluding carboxylic acids is 1. The lowest BCUT2D eigenvalue weighted by Gasteiger charge is -2.38. The Hall–Kier alpha value is -2.44. The topological polar surface area (TPSA) is 58.6 Å². The Kier molecular flexibility index (Phi) is 7.89. The summed E-state index contributed by atoms with van der Waals surface area (Å²) >= 11 is 13.7. The maximum absolute atomic E-state index is 13.1. The molecule has 0 aromatic heterocycles. The highest BCUT2D eigenvalue weighted by Gasteiger charge is 2.42. The number of nitrogens with one attached hydrogen (secondary N) is 1. The first-order valence-corrected chi connectivity index (χ1v) is 12.6. The van der Waals surface area contributed by atoms with E-state index in [1.54, 1.807) is 19.1 Å². The first kappa shape index (κ1) is 24.7. The van der Waals surface area contributed by atoms with E-state index in [9.17, 15) is 9.90 Å². The molecule has 0 saturated heterocycles. The van der Waals surface area contributed by atoms with Crippen LogP contribution in [0.15, 0.2) is 89.0 Å². The van der Waals surface area contributed by atoms with E-state index >= 15 is 0 Å². The fourth-order valence-electron chi connectivity index (χ4n) is 3.99. The summed E-state index contributed by atoms with van der Waals surface area (Å²) in [7, 11) is 0. The van der Waals surface area contributed by atoms with E-state index in [0.29, 0.717) is 10.0 Å². The first-order valence-electron chi connectivity index (χ1n) is 11.0. The fraction of sp³-hybridized carbons (Fsp3) is 0.222. The molecule has 1 aliphatic heterocycles. The summed E-state index contributed by atoms with van der Waals surface area (Å²) in [6, 6.07) is 21.9. The molecule has 0 unspecified atom stereocenters. The molecule has 1 heterocycles. The predicted octanol–water partition coefficient (Wildman–Crippen LogP) is 7.22. The molecule has 0 spiro atoms. The van der Waals surface area contributed by atoms with E-state index in [4.69, 9.17) is 27.9 Å². The predicted molar refractivity (Wildman–Crippen MR) is 139 cm³/mol. The number of aryl methyl sites for hydroxylation is 1. The van der Waals surface area contributed by atoms with Crippen LogP contribution in [0.3, 0.4) is 0 Å². The summed E-state index contributed by atoms with van der Waals surface area (Å²) in [6.07, 6.45) is 0. The molecule has 0 bridgehead atoms. The summed E-state index contributed by atoms with van der Waals surface area (Å²) in [6.45, 7) is 3.98. The largest absolute Gasteiger partial charge is 0.510 e. The number of hydrogen-bond acceptors (Lipinski definition) is 5. The van der Waals surface area contributed by atoms with Crippen LogP contribution in [0.25, 0.3) is 0 Å². The highest BCUT2D eigenvalue weighted by atomic mass is 35.5. The number of benzene rings is 3. The van der Waals surface area contributed by atoms with Crippen molar-refractivity contribution in [2.75, 3.05) is 6.61 Å². The van der Waals surface area contributed by atoms with Crippen LogP contribution >= 0.6 is 35.0 Å². The van der Waals surface area contributed by atoms with E-state index < -0.39 is 17.3 Å². The SMILES string of the molecule is CCOC(=O)C1=C(O)[C@@H](Sc2ccc(C)cc2)[C@H](c2ccc(Cl)cc2)N[C@H]1c1ccc(Cl)cc1. The van der Waals surface area contributed by atoms with Crippen LogP contribution in [0.4, 0.5) is 0 Å². The third-order valence-corrected chi connectivity index (χ3v) is 7.49. The number of carbonyl (C=O) groups is 1. The molecule has 0 amide bonds. The van der Waals surface area contributed by atoms with E-state index in [1.807, 2.05) is 67.6 Å². The van der Waals surface area contributed by atoms with Gasteiger partial charge in [0, 0.05) is 14.9 Å². The van der Waals surface area contributed by atoms with Gasteiger partial charge in [0.25, 0.3) is 0 Å². The van der Waals surface area contributed by atoms with Gasteiger partial charge in [-0.25, -0.2) is 4.79 Å². The maximum atomic E-state index is 13.1. The van der Waals surface area contributed by atoms with Crippen molar-refractivity contribution in [3.63, 3.8) is 0 Å². The number of aliphatic hydroxyl groups is 1. The summed E-state index contributed by atoms with van der Waals surface area (Å²) in [5, 5.41) is 15.9. The Bertz CT molecular complexity index is 1180. The van der Waals surface area contributed by atoms with E-state index in [1.165, 1.54) is 11.8 Å². The van der Waals surface area contributed by atoms with Gasteiger partial charge in [-0.15, -0.1) is 11.8 Å². The normalized spacial score (nSPS) is 20.3. The molecule has 0 radical (unpaired) electrons. The Morgan fingerprint density at radius 2 is 1.50 bits per heavy atom. The smallest absolute Gasteiger partial charge is 0.339 e. The minimum Gasteiger partial charge on any atom is -0.510 e. The quantitative estimate of drug-likeness (QED) is 0.340. The lowest BCUT2D eigenvalue weighted by molar-refractivity contribution is -0.139. The van der Waals surface area contributed by atoms with Gasteiger partial charge in [0.15, 0.2) is 0 Å². The Morgan fingerprint density at radius 1 is 0.941 bits per heavy atom. The van der Waals surface area contributed by atoms with Crippen LogP contribution in [0.1, 0.15) is 35.7 Å². The van der Waals surface area contributed by atoms with Crippen molar-refractivity contribution in [3.05, 3.63) is 111 Å². The van der Waals surface area contributed by atoms with E-state index in [0.717, 1.165) is 21.6 Å². The number of aliphatic hydroxyl groups excluding tert-OH is 1. The Morgan fingerprint density at radius 3 is 2.06 bits per heavy atom. The highest BCUT2D eigenvalue weighted by molar-refractivity contribution is 8.00. The van der Waals surface area contributed by atoms with Gasteiger partial charge < -0.3 is 9.84 Å². The molecule has 4 nitrogen and oxygen atoms in total. The minimum atomic E-state index is -0.577. The lowest BCUT2D eigenvalue weighted by Crippen LogP contribution is -2.43. The van der Waals surface area contributed by atoms with Gasteiger partial charge in [-0.1, -0.05) is 65.2 Å². The Labute approximate surface area is 213 Å². The number of esters is 1. The summed E-state index contributed by atoms with van der Waals surface area (Å²) in [4.78, 5) is 14.0. The van der Waals surface area contributed by atoms with Crippen molar-refractivity contribution in [2.24, 2.45) is 0 Å². The molecular weight excluding hydrogens is 489 g/mol. The minimum absolute atomic E-state index is 0.00248. The molecule has 0 fully saturated rings. The number of hydrogen-bond donors (Lipinski definition) is 2. The average molecular weight is 514 g/mol. The van der Waals surface area contributed by atoms with Gasteiger partial charge in [0.05, 0.1) is 29.5 Å². The molecule has 3 aromatic carbocycles. The summed E-state index contributed by atoms with van der Waals surface area (Å²) in [5.41, 5.74) is 3.10. The molecule has 0 saturated carbocycles. The number of thioether (sulfide) groups is 1. The molecule has 7 heteroatoms. The van der Waals surface area contributed by atoms with Crippen molar-refractivity contribution in [3.8, 4) is 0 Å². The number of rotatable bonds is 6. The van der Waals surface area contributed by atoms with Crippen molar-refractivity contribution in [1.29, 1.82) is 0 Å². The van der Waals surface area contributed by atoms with Crippen LogP contribution < -0.4 is 5.32 Å². The summed E-state index contributed by atoms with van der Waals surface area (Å²) < 4.78 is 5.35. The zero-order valence-corrected chi connectivity index (χ0v) is 21.1. The molecule has 4 rings (SSSR count). The Balaban J connectivity index is 1.84. The monoisotopic (exact) mass is 513 g/mol. The molecule has 1 aliphatic rings. The standard InChI is InChI=1S/C27H25Cl2NO3S/c1-3-33-27(32)22-23(17-6-10-19(28)11-7-17)30-24(18-8-12-20(29)13-9-18)26(25(22)31)34-21-14-4-16(2)5-15-21/h4-15,23-24,26,30-31H,3H2,1-2H3/t23-,24-,26-/m0/s1. The van der Waals surface area contributed by atoms with Gasteiger partial charge in [-0.2, -0.15) is 0 Å². The maximum Gasteiger partial charge on any atom is 0.339 e. The van der Waals surface area contributed by atoms with Crippen LogP contribution in [0.2, 0.25) is 10.0 Å². The van der Waals surface area contributed by atoms with Crippen LogP contribution in [-0.4, -0.2) is 22.9 Å². The van der Waals surface area contributed by atoms with Crippen LogP contribution in [0, 0.1) is 6.92 Å². The highest BCUT2D eigenvalue weighted by Crippen LogP contribution is 2.44. The second-order valence-corrected chi connectivity index (χ2v) is 10.1. The van der Waals surface area contributed by atoms with E-state index in [2.05, 4.69) is 5.32 Å². The molecular formula is C27H25Cl2NO3S. The lowest BCUT2D eigenvalue weighted by atomic mass is 9.88. The van der Waals surface area contributed by atoms with Crippen molar-refractivity contribution in [1.82, 2.24) is 5.32 Å². The number of ether oxygens (including phenoxy) is 1. The first-order chi connectivity index (χ1) is 16.4. The van der Waals surface area contributed by atoms with Gasteiger partial charge >= 0.3 is 5.97 Å².